The summed E-state index contributed by atoms with van der Waals surface area (Å²) in [7, 11) is 1.32. The topological polar surface area (TPSA) is 143 Å². The SMILES string of the molecule is C=C(/C=C\C(=C/C)OC)[C@H](NC(=O)[C@H](CO)NC(=O)C(F)(F)c1ccccc1OCC)C(=O)N[C@H](C(=O)C(F)(F)F)C(C)C. The number of rotatable bonds is 16. The van der Waals surface area contributed by atoms with Crippen LogP contribution in [-0.4, -0.2) is 73.2 Å². The Bertz CT molecular complexity index is 1260. The van der Waals surface area contributed by atoms with Gasteiger partial charge in [-0.05, 0) is 49.6 Å². The van der Waals surface area contributed by atoms with Gasteiger partial charge in [0.2, 0.25) is 11.8 Å². The van der Waals surface area contributed by atoms with E-state index in [2.05, 4.69) is 11.9 Å². The van der Waals surface area contributed by atoms with Crippen molar-refractivity contribution in [2.45, 2.75) is 57.9 Å². The lowest BCUT2D eigenvalue weighted by atomic mass is 9.98. The van der Waals surface area contributed by atoms with Crippen LogP contribution in [0.2, 0.25) is 0 Å². The van der Waals surface area contributed by atoms with Gasteiger partial charge < -0.3 is 30.5 Å². The van der Waals surface area contributed by atoms with Crippen molar-refractivity contribution in [2.75, 3.05) is 20.3 Å². The molecule has 0 radical (unpaired) electrons. The predicted molar refractivity (Wildman–Crippen MR) is 149 cm³/mol. The highest BCUT2D eigenvalue weighted by Crippen LogP contribution is 2.35. The monoisotopic (exact) mass is 633 g/mol. The zero-order chi connectivity index (χ0) is 33.8. The number of carbonyl (C=O) groups is 4. The third-order valence-corrected chi connectivity index (χ3v) is 6.04. The minimum Gasteiger partial charge on any atom is -0.497 e. The smallest absolute Gasteiger partial charge is 0.452 e. The normalized spacial score (nSPS) is 14.4. The van der Waals surface area contributed by atoms with Crippen molar-refractivity contribution < 1.29 is 55.7 Å². The Balaban J connectivity index is 3.36. The molecule has 0 heterocycles. The number of amides is 3. The number of ketones is 1. The van der Waals surface area contributed by atoms with Crippen LogP contribution in [0, 0.1) is 5.92 Å². The molecule has 0 fully saturated rings. The van der Waals surface area contributed by atoms with Crippen molar-refractivity contribution in [1.29, 1.82) is 0 Å². The molecule has 15 heteroatoms. The number of halogens is 5. The highest BCUT2D eigenvalue weighted by molar-refractivity contribution is 5.98. The first-order valence-electron chi connectivity index (χ1n) is 13.3. The van der Waals surface area contributed by atoms with Crippen molar-refractivity contribution in [1.82, 2.24) is 16.0 Å². The van der Waals surface area contributed by atoms with E-state index in [0.29, 0.717) is 0 Å². The summed E-state index contributed by atoms with van der Waals surface area (Å²) < 4.78 is 79.9. The maximum Gasteiger partial charge on any atom is 0.452 e. The van der Waals surface area contributed by atoms with Gasteiger partial charge in [-0.1, -0.05) is 38.6 Å². The fourth-order valence-electron chi connectivity index (χ4n) is 3.66. The molecule has 0 saturated carbocycles. The number of aliphatic hydroxyl groups is 1. The minimum atomic E-state index is -5.30. The number of ether oxygens (including phenoxy) is 2. The van der Waals surface area contributed by atoms with Crippen molar-refractivity contribution in [3.63, 3.8) is 0 Å². The summed E-state index contributed by atoms with van der Waals surface area (Å²) in [5, 5.41) is 15.5. The molecule has 0 spiro atoms. The molecular formula is C29H36F5N3O7. The zero-order valence-corrected chi connectivity index (χ0v) is 24.8. The van der Waals surface area contributed by atoms with E-state index in [9.17, 15) is 37.5 Å². The minimum absolute atomic E-state index is 0.00429. The number of aliphatic hydroxyl groups excluding tert-OH is 1. The first kappa shape index (κ1) is 37.8. The standard InChI is InChI=1S/C29H36F5N3O7/c1-7-18(43-6)14-13-17(5)23(26(41)36-22(16(3)4)24(39)29(32,33)34)37-25(40)20(15-38)35-27(42)28(30,31)19-11-9-10-12-21(19)44-8-2/h7,9-14,16,20,22-23,38H,5,8,15H2,1-4,6H3,(H,35,42)(H,36,41)(H,37,40)/b14-13-,18-7+/t20-,22-,23-/m0/s1. The Morgan fingerprint density at radius 1 is 1.00 bits per heavy atom. The van der Waals surface area contributed by atoms with Crippen LogP contribution in [0.3, 0.4) is 0 Å². The highest BCUT2D eigenvalue weighted by Gasteiger charge is 2.47. The molecule has 0 aromatic heterocycles. The highest BCUT2D eigenvalue weighted by atomic mass is 19.4. The van der Waals surface area contributed by atoms with Gasteiger partial charge in [0, 0.05) is 0 Å². The van der Waals surface area contributed by atoms with E-state index in [1.807, 2.05) is 5.32 Å². The van der Waals surface area contributed by atoms with Crippen LogP contribution >= 0.6 is 0 Å². The van der Waals surface area contributed by atoms with Crippen LogP contribution < -0.4 is 20.7 Å². The molecule has 0 bridgehead atoms. The average molecular weight is 634 g/mol. The van der Waals surface area contributed by atoms with Crippen molar-refractivity contribution in [2.24, 2.45) is 5.92 Å². The van der Waals surface area contributed by atoms with E-state index in [0.717, 1.165) is 6.07 Å². The van der Waals surface area contributed by atoms with Gasteiger partial charge in [0.1, 0.15) is 23.6 Å². The predicted octanol–water partition coefficient (Wildman–Crippen LogP) is 3.07. The number of benzene rings is 1. The van der Waals surface area contributed by atoms with E-state index in [1.165, 1.54) is 64.3 Å². The maximum atomic E-state index is 15.1. The van der Waals surface area contributed by atoms with Gasteiger partial charge in [0.05, 0.1) is 31.9 Å². The van der Waals surface area contributed by atoms with Crippen LogP contribution in [0.15, 0.2) is 60.4 Å². The molecule has 10 nitrogen and oxygen atoms in total. The molecule has 0 unspecified atom stereocenters. The summed E-state index contributed by atoms with van der Waals surface area (Å²) in [6, 6.07) is -1.23. The van der Waals surface area contributed by atoms with E-state index in [1.54, 1.807) is 12.2 Å². The number of carbonyl (C=O) groups excluding carboxylic acids is 4. The molecule has 4 N–H and O–H groups in total. The summed E-state index contributed by atoms with van der Waals surface area (Å²) in [6.07, 6.45) is -1.31. The van der Waals surface area contributed by atoms with Crippen molar-refractivity contribution in [3.05, 3.63) is 66.0 Å². The van der Waals surface area contributed by atoms with Crippen LogP contribution in [0.5, 0.6) is 5.75 Å². The summed E-state index contributed by atoms with van der Waals surface area (Å²) >= 11 is 0. The van der Waals surface area contributed by atoms with Gasteiger partial charge in [0.25, 0.3) is 11.7 Å². The number of hydrogen-bond donors (Lipinski definition) is 4. The van der Waals surface area contributed by atoms with E-state index in [-0.39, 0.29) is 23.7 Å². The largest absolute Gasteiger partial charge is 0.497 e. The van der Waals surface area contributed by atoms with Gasteiger partial charge >= 0.3 is 12.1 Å². The molecule has 1 rings (SSSR count). The van der Waals surface area contributed by atoms with E-state index in [4.69, 9.17) is 9.47 Å². The number of nitrogens with one attached hydrogen (secondary N) is 3. The molecule has 1 aromatic carbocycles. The molecule has 3 amide bonds. The molecule has 0 aliphatic heterocycles. The first-order chi connectivity index (χ1) is 20.5. The number of allylic oxidation sites excluding steroid dienone is 2. The van der Waals surface area contributed by atoms with Crippen LogP contribution in [0.1, 0.15) is 33.3 Å². The molecule has 0 saturated heterocycles. The summed E-state index contributed by atoms with van der Waals surface area (Å²) in [5.41, 5.74) is -1.06. The van der Waals surface area contributed by atoms with Crippen LogP contribution in [0.4, 0.5) is 22.0 Å². The summed E-state index contributed by atoms with van der Waals surface area (Å²) in [6.45, 7) is 8.05. The fourth-order valence-corrected chi connectivity index (χ4v) is 3.66. The Labute approximate surface area is 251 Å². The second-order valence-electron chi connectivity index (χ2n) is 9.55. The lowest BCUT2D eigenvalue weighted by Crippen LogP contribution is -2.59. The lowest BCUT2D eigenvalue weighted by Gasteiger charge is -2.27. The molecule has 3 atom stereocenters. The van der Waals surface area contributed by atoms with Gasteiger partial charge in [-0.25, -0.2) is 0 Å². The first-order valence-corrected chi connectivity index (χ1v) is 13.3. The fraction of sp³-hybridized carbons (Fsp3) is 0.448. The van der Waals surface area contributed by atoms with Crippen molar-refractivity contribution >= 4 is 23.5 Å². The van der Waals surface area contributed by atoms with Gasteiger partial charge in [-0.15, -0.1) is 0 Å². The third-order valence-electron chi connectivity index (χ3n) is 6.04. The zero-order valence-electron chi connectivity index (χ0n) is 24.8. The number of hydrogen-bond acceptors (Lipinski definition) is 7. The molecule has 0 aliphatic carbocycles. The average Bonchev–Trinajstić information content (AvgIpc) is 2.96. The second kappa shape index (κ2) is 16.5. The quantitative estimate of drug-likeness (QED) is 0.125. The molecular weight excluding hydrogens is 597 g/mol. The Morgan fingerprint density at radius 3 is 2.11 bits per heavy atom. The molecule has 0 aliphatic rings. The number of methoxy groups -OCH3 is 1. The van der Waals surface area contributed by atoms with Crippen molar-refractivity contribution in [3.8, 4) is 5.75 Å². The Morgan fingerprint density at radius 2 is 1.61 bits per heavy atom. The van der Waals surface area contributed by atoms with Crippen LogP contribution in [-0.2, 0) is 29.8 Å². The second-order valence-corrected chi connectivity index (χ2v) is 9.55. The molecule has 244 valence electrons. The van der Waals surface area contributed by atoms with Gasteiger partial charge in [-0.3, -0.25) is 19.2 Å². The maximum absolute atomic E-state index is 15.1. The van der Waals surface area contributed by atoms with E-state index >= 15 is 8.78 Å². The number of alkyl halides is 5. The van der Waals surface area contributed by atoms with Crippen LogP contribution in [0.25, 0.3) is 0 Å². The van der Waals surface area contributed by atoms with Gasteiger partial charge in [-0.2, -0.15) is 22.0 Å². The third kappa shape index (κ3) is 10.2. The number of Topliss-reactive ketones (excluding diaryl/α,β-unsaturated/α-hetero) is 1. The lowest BCUT2D eigenvalue weighted by molar-refractivity contribution is -0.175. The van der Waals surface area contributed by atoms with Gasteiger partial charge in [0.15, 0.2) is 0 Å². The summed E-state index contributed by atoms with van der Waals surface area (Å²) in [5.74, 6) is -12.3. The summed E-state index contributed by atoms with van der Waals surface area (Å²) in [4.78, 5) is 50.8. The van der Waals surface area contributed by atoms with E-state index < -0.39 is 71.8 Å². The Kier molecular flexibility index (Phi) is 14.2. The molecule has 1 aromatic rings. The molecule has 44 heavy (non-hydrogen) atoms. The number of para-hydroxylation sites is 1. The Hall–Kier alpha value is -4.27.